The Kier molecular flexibility index (Phi) is 5.63. The van der Waals surface area contributed by atoms with Crippen molar-refractivity contribution in [2.45, 2.75) is 77.5 Å². The first-order valence-electron chi connectivity index (χ1n) is 7.11. The molecule has 1 fully saturated rings. The summed E-state index contributed by atoms with van der Waals surface area (Å²) in [6.07, 6.45) is 4.10. The molecule has 1 saturated heterocycles. The van der Waals surface area contributed by atoms with E-state index in [9.17, 15) is 9.59 Å². The second-order valence-electron chi connectivity index (χ2n) is 6.12. The van der Waals surface area contributed by atoms with Crippen molar-refractivity contribution in [3.63, 3.8) is 0 Å². The van der Waals surface area contributed by atoms with Crippen molar-refractivity contribution in [2.24, 2.45) is 0 Å². The smallest absolute Gasteiger partial charge is 0.408 e. The molecule has 1 aliphatic heterocycles. The molecule has 0 aromatic carbocycles. The van der Waals surface area contributed by atoms with Gasteiger partial charge in [-0.25, -0.2) is 4.79 Å². The van der Waals surface area contributed by atoms with Crippen molar-refractivity contribution in [1.29, 1.82) is 0 Å². The van der Waals surface area contributed by atoms with Crippen LogP contribution in [0.25, 0.3) is 0 Å². The van der Waals surface area contributed by atoms with Gasteiger partial charge in [-0.15, -0.1) is 0 Å². The van der Waals surface area contributed by atoms with Gasteiger partial charge in [0.25, 0.3) is 0 Å². The zero-order valence-corrected chi connectivity index (χ0v) is 12.4. The van der Waals surface area contributed by atoms with Crippen LogP contribution < -0.4 is 10.6 Å². The van der Waals surface area contributed by atoms with E-state index in [1.165, 1.54) is 0 Å². The largest absolute Gasteiger partial charge is 0.444 e. The maximum Gasteiger partial charge on any atom is 0.408 e. The molecule has 5 heteroatoms. The molecule has 2 amide bonds. The lowest BCUT2D eigenvalue weighted by atomic mass is 10.1. The van der Waals surface area contributed by atoms with Crippen LogP contribution in [-0.2, 0) is 9.53 Å². The highest BCUT2D eigenvalue weighted by atomic mass is 16.6. The second-order valence-corrected chi connectivity index (χ2v) is 6.12. The molecule has 0 aliphatic carbocycles. The minimum Gasteiger partial charge on any atom is -0.444 e. The van der Waals surface area contributed by atoms with Crippen LogP contribution in [0.4, 0.5) is 4.79 Å². The Bertz CT molecular complexity index is 323. The van der Waals surface area contributed by atoms with Crippen molar-refractivity contribution in [1.82, 2.24) is 10.6 Å². The molecular formula is C14H26N2O3. The number of rotatable bonds is 3. The zero-order chi connectivity index (χ0) is 14.5. The molecule has 19 heavy (non-hydrogen) atoms. The Labute approximate surface area is 115 Å². The van der Waals surface area contributed by atoms with Crippen molar-refractivity contribution < 1.29 is 14.3 Å². The van der Waals surface area contributed by atoms with Crippen molar-refractivity contribution in [2.75, 3.05) is 0 Å². The van der Waals surface area contributed by atoms with Gasteiger partial charge in [0.2, 0.25) is 5.91 Å². The molecule has 2 atom stereocenters. The van der Waals surface area contributed by atoms with Gasteiger partial charge in [0.05, 0.1) is 0 Å². The second kappa shape index (κ2) is 6.78. The molecule has 110 valence electrons. The molecule has 1 aliphatic rings. The molecule has 1 unspecified atom stereocenters. The first-order valence-corrected chi connectivity index (χ1v) is 7.11. The average Bonchev–Trinajstić information content (AvgIpc) is 2.39. The number of nitrogens with one attached hydrogen (secondary N) is 2. The number of ether oxygens (including phenoxy) is 1. The van der Waals surface area contributed by atoms with E-state index in [1.54, 1.807) is 20.8 Å². The Morgan fingerprint density at radius 2 is 2.11 bits per heavy atom. The Morgan fingerprint density at radius 1 is 1.42 bits per heavy atom. The zero-order valence-electron chi connectivity index (χ0n) is 12.4. The molecule has 0 bridgehead atoms. The summed E-state index contributed by atoms with van der Waals surface area (Å²) >= 11 is 0. The highest BCUT2D eigenvalue weighted by Crippen LogP contribution is 2.14. The predicted molar refractivity (Wildman–Crippen MR) is 73.8 cm³/mol. The first kappa shape index (κ1) is 15.8. The standard InChI is InChI=1S/C14H26N2O3/c1-5-7-10-8-6-9-11(12(17)15-10)16-13(18)19-14(2,3)4/h10-11H,5-9H2,1-4H3,(H,15,17)(H,16,18)/t10?,11-/m0/s1. The molecule has 0 aromatic rings. The molecule has 1 heterocycles. The Hall–Kier alpha value is -1.26. The lowest BCUT2D eigenvalue weighted by Gasteiger charge is -2.22. The summed E-state index contributed by atoms with van der Waals surface area (Å²) in [6, 6.07) is -0.236. The van der Waals surface area contributed by atoms with E-state index in [1.807, 2.05) is 0 Å². The quantitative estimate of drug-likeness (QED) is 0.827. The Balaban J connectivity index is 2.50. The lowest BCUT2D eigenvalue weighted by molar-refractivity contribution is -0.123. The fraction of sp³-hybridized carbons (Fsp3) is 0.857. The topological polar surface area (TPSA) is 67.4 Å². The van der Waals surface area contributed by atoms with E-state index in [2.05, 4.69) is 17.6 Å². The van der Waals surface area contributed by atoms with Gasteiger partial charge in [0, 0.05) is 6.04 Å². The third kappa shape index (κ3) is 5.94. The van der Waals surface area contributed by atoms with E-state index >= 15 is 0 Å². The van der Waals surface area contributed by atoms with Gasteiger partial charge in [0.1, 0.15) is 11.6 Å². The molecule has 0 aromatic heterocycles. The van der Waals surface area contributed by atoms with Crippen LogP contribution >= 0.6 is 0 Å². The van der Waals surface area contributed by atoms with Crippen molar-refractivity contribution in [3.05, 3.63) is 0 Å². The molecule has 5 nitrogen and oxygen atoms in total. The van der Waals surface area contributed by atoms with Crippen LogP contribution in [0.2, 0.25) is 0 Å². The average molecular weight is 270 g/mol. The monoisotopic (exact) mass is 270 g/mol. The Morgan fingerprint density at radius 3 is 2.68 bits per heavy atom. The summed E-state index contributed by atoms with van der Waals surface area (Å²) in [5.74, 6) is -0.0955. The number of carbonyl (C=O) groups is 2. The normalized spacial score (nSPS) is 24.3. The van der Waals surface area contributed by atoms with Crippen LogP contribution in [0.15, 0.2) is 0 Å². The van der Waals surface area contributed by atoms with Gasteiger partial charge in [-0.3, -0.25) is 4.79 Å². The summed E-state index contributed by atoms with van der Waals surface area (Å²) in [5.41, 5.74) is -0.546. The van der Waals surface area contributed by atoms with E-state index in [0.29, 0.717) is 6.42 Å². The molecular weight excluding hydrogens is 244 g/mol. The predicted octanol–water partition coefficient (Wildman–Crippen LogP) is 2.35. The number of hydrogen-bond acceptors (Lipinski definition) is 3. The maximum atomic E-state index is 12.0. The van der Waals surface area contributed by atoms with Crippen LogP contribution in [0, 0.1) is 0 Å². The third-order valence-corrected chi connectivity index (χ3v) is 3.04. The van der Waals surface area contributed by atoms with Crippen LogP contribution in [0.3, 0.4) is 0 Å². The van der Waals surface area contributed by atoms with Gasteiger partial charge in [-0.1, -0.05) is 13.3 Å². The number of amides is 2. The fourth-order valence-corrected chi connectivity index (χ4v) is 2.23. The minimum absolute atomic E-state index is 0.0955. The van der Waals surface area contributed by atoms with Gasteiger partial charge in [0.15, 0.2) is 0 Å². The molecule has 0 saturated carbocycles. The van der Waals surface area contributed by atoms with Gasteiger partial charge < -0.3 is 15.4 Å². The third-order valence-electron chi connectivity index (χ3n) is 3.04. The van der Waals surface area contributed by atoms with E-state index in [-0.39, 0.29) is 11.9 Å². The molecule has 1 rings (SSSR count). The van der Waals surface area contributed by atoms with Crippen molar-refractivity contribution >= 4 is 12.0 Å². The number of alkyl carbamates (subject to hydrolysis) is 1. The summed E-state index contributed by atoms with van der Waals surface area (Å²) in [4.78, 5) is 23.7. The highest BCUT2D eigenvalue weighted by Gasteiger charge is 2.28. The van der Waals surface area contributed by atoms with Crippen LogP contribution in [0.5, 0.6) is 0 Å². The molecule has 0 radical (unpaired) electrons. The summed E-state index contributed by atoms with van der Waals surface area (Å²) in [6.45, 7) is 7.51. The van der Waals surface area contributed by atoms with E-state index in [0.717, 1.165) is 25.7 Å². The van der Waals surface area contributed by atoms with Crippen molar-refractivity contribution in [3.8, 4) is 0 Å². The fourth-order valence-electron chi connectivity index (χ4n) is 2.23. The first-order chi connectivity index (χ1) is 8.81. The summed E-state index contributed by atoms with van der Waals surface area (Å²) in [7, 11) is 0. The number of hydrogen-bond donors (Lipinski definition) is 2. The number of carbonyl (C=O) groups excluding carboxylic acids is 2. The summed E-state index contributed by atoms with van der Waals surface area (Å²) in [5, 5.41) is 5.64. The lowest BCUT2D eigenvalue weighted by Crippen LogP contribution is -2.48. The molecule has 2 N–H and O–H groups in total. The van der Waals surface area contributed by atoms with Crippen LogP contribution in [-0.4, -0.2) is 29.7 Å². The SMILES string of the molecule is CCCC1CCC[C@H](NC(=O)OC(C)(C)C)C(=O)N1. The van der Waals surface area contributed by atoms with E-state index < -0.39 is 17.7 Å². The van der Waals surface area contributed by atoms with Crippen LogP contribution in [0.1, 0.15) is 59.8 Å². The summed E-state index contributed by atoms with van der Waals surface area (Å²) < 4.78 is 5.17. The highest BCUT2D eigenvalue weighted by molar-refractivity contribution is 5.86. The van der Waals surface area contributed by atoms with Gasteiger partial charge >= 0.3 is 6.09 Å². The minimum atomic E-state index is -0.546. The van der Waals surface area contributed by atoms with Gasteiger partial charge in [-0.2, -0.15) is 0 Å². The maximum absolute atomic E-state index is 12.0. The van der Waals surface area contributed by atoms with E-state index in [4.69, 9.17) is 4.74 Å². The molecule has 0 spiro atoms. The van der Waals surface area contributed by atoms with Gasteiger partial charge in [-0.05, 0) is 46.5 Å².